The fourth-order valence-electron chi connectivity index (χ4n) is 6.12. The predicted octanol–water partition coefficient (Wildman–Crippen LogP) is 5.64. The van der Waals surface area contributed by atoms with Gasteiger partial charge >= 0.3 is 0 Å². The van der Waals surface area contributed by atoms with E-state index in [0.29, 0.717) is 18.1 Å². The van der Waals surface area contributed by atoms with Crippen LogP contribution in [0.15, 0.2) is 36.4 Å². The second kappa shape index (κ2) is 11.0. The second-order valence-corrected chi connectivity index (χ2v) is 10.8. The van der Waals surface area contributed by atoms with Crippen LogP contribution >= 0.6 is 0 Å². The van der Waals surface area contributed by atoms with Crippen LogP contribution in [0.3, 0.4) is 0 Å². The van der Waals surface area contributed by atoms with Crippen molar-refractivity contribution in [1.82, 2.24) is 9.80 Å². The molecule has 1 aliphatic heterocycles. The van der Waals surface area contributed by atoms with Crippen molar-refractivity contribution in [2.45, 2.75) is 97.2 Å². The van der Waals surface area contributed by atoms with Crippen molar-refractivity contribution in [3.05, 3.63) is 47.5 Å². The third-order valence-electron chi connectivity index (χ3n) is 7.87. The van der Waals surface area contributed by atoms with E-state index in [1.165, 1.54) is 35.6 Å². The number of benzene rings is 2. The Kier molecular flexibility index (Phi) is 8.58. The van der Waals surface area contributed by atoms with Gasteiger partial charge in [0.25, 0.3) is 0 Å². The van der Waals surface area contributed by atoms with E-state index < -0.39 is 5.41 Å². The van der Waals surface area contributed by atoms with Gasteiger partial charge in [-0.05, 0) is 102 Å². The van der Waals surface area contributed by atoms with Gasteiger partial charge in [-0.3, -0.25) is 9.69 Å². The van der Waals surface area contributed by atoms with Gasteiger partial charge < -0.3 is 10.6 Å². The lowest BCUT2D eigenvalue weighted by Gasteiger charge is -2.42. The fourth-order valence-corrected chi connectivity index (χ4v) is 6.12. The monoisotopic (exact) mass is 451 g/mol. The van der Waals surface area contributed by atoms with Gasteiger partial charge in [-0.15, -0.1) is 0 Å². The maximum Gasteiger partial charge on any atom is 0.228 e. The van der Waals surface area contributed by atoms with Gasteiger partial charge in [0, 0.05) is 24.7 Å². The first kappa shape index (κ1) is 25.7. The smallest absolute Gasteiger partial charge is 0.228 e. The Balaban J connectivity index is 2.12. The molecule has 1 aliphatic rings. The number of hydrogen-bond acceptors (Lipinski definition) is 3. The van der Waals surface area contributed by atoms with Gasteiger partial charge in [-0.1, -0.05) is 42.8 Å². The van der Waals surface area contributed by atoms with E-state index >= 15 is 0 Å². The molecule has 0 aromatic heterocycles. The Morgan fingerprint density at radius 1 is 1.00 bits per heavy atom. The van der Waals surface area contributed by atoms with Crippen molar-refractivity contribution in [3.8, 4) is 0 Å². The van der Waals surface area contributed by atoms with Crippen LogP contribution in [0.25, 0.3) is 10.8 Å². The van der Waals surface area contributed by atoms with E-state index in [9.17, 15) is 4.79 Å². The molecule has 0 spiro atoms. The topological polar surface area (TPSA) is 49.6 Å². The van der Waals surface area contributed by atoms with Gasteiger partial charge in [-0.25, -0.2) is 0 Å². The molecule has 0 saturated carbocycles. The van der Waals surface area contributed by atoms with Crippen molar-refractivity contribution in [2.24, 2.45) is 5.73 Å². The Morgan fingerprint density at radius 2 is 1.64 bits per heavy atom. The molecule has 3 rings (SSSR count). The summed E-state index contributed by atoms with van der Waals surface area (Å²) in [4.78, 5) is 18.6. The number of nitrogens with two attached hydrogens (primary N) is 1. The fraction of sp³-hybridized carbons (Fsp3) is 0.621. The lowest BCUT2D eigenvalue weighted by atomic mass is 9.69. The van der Waals surface area contributed by atoms with E-state index in [-0.39, 0.29) is 5.91 Å². The van der Waals surface area contributed by atoms with Gasteiger partial charge in [0.1, 0.15) is 0 Å². The Labute approximate surface area is 201 Å². The number of hydrogen-bond donors (Lipinski definition) is 1. The zero-order valence-corrected chi connectivity index (χ0v) is 21.7. The highest BCUT2D eigenvalue weighted by Crippen LogP contribution is 2.41. The number of fused-ring (bicyclic) bond motifs is 1. The summed E-state index contributed by atoms with van der Waals surface area (Å²) in [6.07, 6.45) is 5.31. The molecular weight excluding hydrogens is 406 g/mol. The number of carbonyl (C=O) groups excluding carboxylic acids is 1. The summed E-state index contributed by atoms with van der Waals surface area (Å²) in [6, 6.07) is 14.0. The highest BCUT2D eigenvalue weighted by atomic mass is 16.1. The molecule has 2 atom stereocenters. The van der Waals surface area contributed by atoms with E-state index in [1.54, 1.807) is 0 Å². The van der Waals surface area contributed by atoms with Gasteiger partial charge in [0.15, 0.2) is 0 Å². The van der Waals surface area contributed by atoms with Crippen LogP contribution in [-0.2, 0) is 10.2 Å². The molecule has 1 saturated heterocycles. The Morgan fingerprint density at radius 3 is 2.24 bits per heavy atom. The van der Waals surface area contributed by atoms with Crippen LogP contribution in [0.1, 0.15) is 77.8 Å². The molecule has 1 amide bonds. The summed E-state index contributed by atoms with van der Waals surface area (Å²) in [5.41, 5.74) is 8.01. The minimum Gasteiger partial charge on any atom is -0.369 e. The number of piperidine rings is 1. The first-order valence-corrected chi connectivity index (χ1v) is 13.0. The van der Waals surface area contributed by atoms with Crippen LogP contribution in [0.5, 0.6) is 0 Å². The normalized spacial score (nSPS) is 18.2. The largest absolute Gasteiger partial charge is 0.369 e. The second-order valence-electron chi connectivity index (χ2n) is 10.8. The summed E-state index contributed by atoms with van der Waals surface area (Å²) >= 11 is 0. The van der Waals surface area contributed by atoms with Crippen molar-refractivity contribution in [2.75, 3.05) is 19.6 Å². The molecule has 33 heavy (non-hydrogen) atoms. The number of aryl methyl sites for hydroxylation is 1. The van der Waals surface area contributed by atoms with E-state index in [2.05, 4.69) is 87.7 Å². The maximum atomic E-state index is 13.6. The van der Waals surface area contributed by atoms with Crippen molar-refractivity contribution in [3.63, 3.8) is 0 Å². The van der Waals surface area contributed by atoms with Crippen molar-refractivity contribution < 1.29 is 4.79 Å². The highest BCUT2D eigenvalue weighted by Gasteiger charge is 2.43. The van der Waals surface area contributed by atoms with Crippen LogP contribution in [0.4, 0.5) is 0 Å². The van der Waals surface area contributed by atoms with Crippen LogP contribution < -0.4 is 5.73 Å². The van der Waals surface area contributed by atoms with Crippen LogP contribution in [-0.4, -0.2) is 53.5 Å². The Bertz CT molecular complexity index is 924. The number of nitrogens with zero attached hydrogens (tertiary/aromatic N) is 2. The lowest BCUT2D eigenvalue weighted by molar-refractivity contribution is -0.125. The molecule has 0 radical (unpaired) electrons. The zero-order chi connectivity index (χ0) is 24.2. The molecule has 2 unspecified atom stereocenters. The number of carbonyl (C=O) groups is 1. The molecule has 1 fully saturated rings. The summed E-state index contributed by atoms with van der Waals surface area (Å²) in [6.45, 7) is 16.5. The SMILES string of the molecule is Cc1ccc2ccccc2c1C(CCN(C(C)C)C(C)C)(CC(C)N1CCCCC1)C(N)=O. The van der Waals surface area contributed by atoms with Gasteiger partial charge in [-0.2, -0.15) is 0 Å². The quantitative estimate of drug-likeness (QED) is 0.508. The summed E-state index contributed by atoms with van der Waals surface area (Å²) < 4.78 is 0. The van der Waals surface area contributed by atoms with E-state index in [0.717, 1.165) is 38.0 Å². The average molecular weight is 452 g/mol. The van der Waals surface area contributed by atoms with Gasteiger partial charge in [0.05, 0.1) is 5.41 Å². The number of amides is 1. The molecule has 0 aliphatic carbocycles. The predicted molar refractivity (Wildman–Crippen MR) is 141 cm³/mol. The minimum absolute atomic E-state index is 0.182. The summed E-state index contributed by atoms with van der Waals surface area (Å²) in [5, 5.41) is 2.35. The average Bonchev–Trinajstić information content (AvgIpc) is 2.78. The molecule has 1 heterocycles. The number of rotatable bonds is 10. The lowest BCUT2D eigenvalue weighted by Crippen LogP contribution is -2.51. The molecule has 0 bridgehead atoms. The first-order chi connectivity index (χ1) is 15.7. The molecule has 4 nitrogen and oxygen atoms in total. The molecule has 4 heteroatoms. The third kappa shape index (κ3) is 5.60. The van der Waals surface area contributed by atoms with E-state index in [4.69, 9.17) is 5.73 Å². The van der Waals surface area contributed by atoms with Crippen molar-refractivity contribution in [1.29, 1.82) is 0 Å². The molecule has 2 aromatic carbocycles. The first-order valence-electron chi connectivity index (χ1n) is 13.0. The molecule has 2 aromatic rings. The maximum absolute atomic E-state index is 13.6. The Hall–Kier alpha value is -1.91. The van der Waals surface area contributed by atoms with Crippen molar-refractivity contribution >= 4 is 16.7 Å². The number of primary amides is 1. The van der Waals surface area contributed by atoms with Crippen LogP contribution in [0.2, 0.25) is 0 Å². The molecule has 2 N–H and O–H groups in total. The van der Waals surface area contributed by atoms with E-state index in [1.807, 2.05) is 0 Å². The third-order valence-corrected chi connectivity index (χ3v) is 7.87. The number of likely N-dealkylation sites (tertiary alicyclic amines) is 1. The highest BCUT2D eigenvalue weighted by molar-refractivity contribution is 5.96. The van der Waals surface area contributed by atoms with Crippen LogP contribution in [0, 0.1) is 6.92 Å². The summed E-state index contributed by atoms with van der Waals surface area (Å²) in [7, 11) is 0. The zero-order valence-electron chi connectivity index (χ0n) is 21.7. The van der Waals surface area contributed by atoms with Gasteiger partial charge in [0.2, 0.25) is 5.91 Å². The molecule has 182 valence electrons. The minimum atomic E-state index is -0.705. The standard InChI is InChI=1S/C29H45N3O/c1-21(2)32(22(3)4)19-16-29(28(30)33,20-24(6)31-17-10-7-11-18-31)27-23(5)14-15-25-12-8-9-13-26(25)27/h8-9,12-15,21-22,24H,7,10-11,16-20H2,1-6H3,(H2,30,33). The molecular formula is C29H45N3O. The summed E-state index contributed by atoms with van der Waals surface area (Å²) in [5.74, 6) is -0.182.